The molecule has 0 saturated carbocycles. The molecule has 0 spiro atoms. The molecule has 2 aromatic heterocycles. The second-order valence-electron chi connectivity index (χ2n) is 5.54. The molecule has 0 bridgehead atoms. The Morgan fingerprint density at radius 3 is 2.92 bits per heavy atom. The summed E-state index contributed by atoms with van der Waals surface area (Å²) in [4.78, 5) is 16.7. The average molecular weight is 373 g/mol. The number of halogens is 2. The van der Waals surface area contributed by atoms with Crippen molar-refractivity contribution in [2.45, 2.75) is 17.5 Å². The van der Waals surface area contributed by atoms with Crippen molar-refractivity contribution < 1.29 is 13.6 Å². The van der Waals surface area contributed by atoms with E-state index in [1.807, 2.05) is 6.07 Å². The fourth-order valence-electron chi connectivity index (χ4n) is 2.78. The summed E-state index contributed by atoms with van der Waals surface area (Å²) in [6, 6.07) is 12.5. The molecule has 0 unspecified atom stereocenters. The molecule has 26 heavy (non-hydrogen) atoms. The van der Waals surface area contributed by atoms with Crippen LogP contribution in [0.5, 0.6) is 0 Å². The van der Waals surface area contributed by atoms with Crippen molar-refractivity contribution in [1.82, 2.24) is 19.7 Å². The van der Waals surface area contributed by atoms with Crippen LogP contribution in [0, 0.1) is 0 Å². The largest absolute Gasteiger partial charge is 0.323 e. The van der Waals surface area contributed by atoms with E-state index in [4.69, 9.17) is 0 Å². The second-order valence-corrected chi connectivity index (χ2v) is 6.49. The number of nitrogens with one attached hydrogen (secondary N) is 2. The summed E-state index contributed by atoms with van der Waals surface area (Å²) in [5.74, 6) is -2.96. The van der Waals surface area contributed by atoms with Crippen LogP contribution in [-0.2, 0) is 11.3 Å². The highest BCUT2D eigenvalue weighted by atomic mass is 32.2. The fraction of sp³-hybridized carbons (Fsp3) is 0.118. The van der Waals surface area contributed by atoms with Gasteiger partial charge in [-0.2, -0.15) is 13.9 Å². The zero-order chi connectivity index (χ0) is 18.1. The lowest BCUT2D eigenvalue weighted by Crippen LogP contribution is -2.19. The van der Waals surface area contributed by atoms with Crippen LogP contribution < -0.4 is 5.32 Å². The molecule has 4 rings (SSSR count). The molecule has 0 atom stereocenters. The first-order valence-corrected chi connectivity index (χ1v) is 8.62. The number of hydrogen-bond acceptors (Lipinski definition) is 4. The Balaban J connectivity index is 1.64. The van der Waals surface area contributed by atoms with Crippen molar-refractivity contribution in [3.63, 3.8) is 0 Å². The van der Waals surface area contributed by atoms with E-state index < -0.39 is 5.76 Å². The van der Waals surface area contributed by atoms with E-state index in [0.717, 1.165) is 5.39 Å². The van der Waals surface area contributed by atoms with Crippen LogP contribution in [0.15, 0.2) is 53.8 Å². The smallest absolute Gasteiger partial charge is 0.291 e. The minimum atomic E-state index is -2.62. The monoisotopic (exact) mass is 373 g/mol. The van der Waals surface area contributed by atoms with Crippen LogP contribution in [0.2, 0.25) is 0 Å². The summed E-state index contributed by atoms with van der Waals surface area (Å²) in [7, 11) is 0. The van der Waals surface area contributed by atoms with Crippen LogP contribution in [0.4, 0.5) is 14.5 Å². The summed E-state index contributed by atoms with van der Waals surface area (Å²) in [5.41, 5.74) is 2.49. The van der Waals surface area contributed by atoms with Crippen molar-refractivity contribution in [2.24, 2.45) is 0 Å². The number of aromatic nitrogens is 4. The van der Waals surface area contributed by atoms with Crippen molar-refractivity contribution in [3.8, 4) is 0 Å². The Hall–Kier alpha value is -2.94. The molecular weight excluding hydrogens is 360 g/mol. The van der Waals surface area contributed by atoms with Crippen LogP contribution in [-0.4, -0.2) is 31.4 Å². The van der Waals surface area contributed by atoms with Gasteiger partial charge in [0, 0.05) is 5.39 Å². The number of fused-ring (bicyclic) bond motifs is 2. The molecule has 0 aliphatic carbocycles. The number of aromatic amines is 1. The number of anilines is 1. The molecule has 132 valence electrons. The summed E-state index contributed by atoms with van der Waals surface area (Å²) in [6.07, 6.45) is 1.66. The minimum Gasteiger partial charge on any atom is -0.323 e. The lowest BCUT2D eigenvalue weighted by atomic mass is 10.2. The third-order valence-electron chi connectivity index (χ3n) is 3.87. The van der Waals surface area contributed by atoms with Gasteiger partial charge in [-0.15, -0.1) is 0 Å². The van der Waals surface area contributed by atoms with Crippen LogP contribution >= 0.6 is 11.8 Å². The number of imidazole rings is 1. The number of carbonyl (C=O) groups is 1. The van der Waals surface area contributed by atoms with Gasteiger partial charge in [-0.1, -0.05) is 24.3 Å². The highest BCUT2D eigenvalue weighted by molar-refractivity contribution is 7.99. The average Bonchev–Trinajstić information content (AvgIpc) is 3.20. The van der Waals surface area contributed by atoms with Crippen molar-refractivity contribution in [2.75, 3.05) is 5.32 Å². The number of para-hydroxylation sites is 3. The second kappa shape index (κ2) is 6.75. The van der Waals surface area contributed by atoms with Gasteiger partial charge in [-0.25, -0.2) is 4.98 Å². The van der Waals surface area contributed by atoms with Gasteiger partial charge in [0.1, 0.15) is 6.54 Å². The third kappa shape index (κ3) is 3.13. The van der Waals surface area contributed by atoms with Crippen LogP contribution in [0.25, 0.3) is 21.9 Å². The number of amides is 1. The van der Waals surface area contributed by atoms with Crippen LogP contribution in [0.3, 0.4) is 0 Å². The lowest BCUT2D eigenvalue weighted by Gasteiger charge is -2.10. The molecule has 0 aliphatic heterocycles. The Bertz CT molecular complexity index is 1090. The van der Waals surface area contributed by atoms with Crippen molar-refractivity contribution in [3.05, 3.63) is 48.7 Å². The van der Waals surface area contributed by atoms with E-state index in [9.17, 15) is 13.6 Å². The van der Waals surface area contributed by atoms with E-state index >= 15 is 0 Å². The number of hydrogen-bond donors (Lipinski definition) is 2. The highest BCUT2D eigenvalue weighted by Gasteiger charge is 2.18. The zero-order valence-electron chi connectivity index (χ0n) is 13.3. The van der Waals surface area contributed by atoms with Gasteiger partial charge in [-0.05, 0) is 30.0 Å². The van der Waals surface area contributed by atoms with Crippen LogP contribution in [0.1, 0.15) is 0 Å². The maximum atomic E-state index is 12.9. The molecule has 2 N–H and O–H groups in total. The number of rotatable bonds is 5. The van der Waals surface area contributed by atoms with Gasteiger partial charge in [0.05, 0.1) is 28.4 Å². The number of H-pyrrole nitrogens is 1. The highest BCUT2D eigenvalue weighted by Crippen LogP contribution is 2.28. The van der Waals surface area contributed by atoms with E-state index in [1.165, 1.54) is 4.57 Å². The molecule has 1 amide bonds. The lowest BCUT2D eigenvalue weighted by molar-refractivity contribution is -0.116. The van der Waals surface area contributed by atoms with E-state index in [2.05, 4.69) is 20.5 Å². The predicted octanol–water partition coefficient (Wildman–Crippen LogP) is 3.87. The Kier molecular flexibility index (Phi) is 4.29. The number of thioether (sulfide) groups is 1. The molecule has 2 heterocycles. The van der Waals surface area contributed by atoms with Crippen molar-refractivity contribution >= 4 is 45.3 Å². The first-order valence-electron chi connectivity index (χ1n) is 7.74. The standard InChI is InChI=1S/C17H13F2N5OS/c18-16(19)26-17-22-11-5-1-2-7-13(11)24(17)9-14(25)21-12-6-3-4-10-8-20-23-15(10)12/h1-8,16H,9H2,(H,20,23)(H,21,25). The number of nitrogens with zero attached hydrogens (tertiary/aromatic N) is 3. The number of alkyl halides is 2. The zero-order valence-corrected chi connectivity index (χ0v) is 14.1. The van der Waals surface area contributed by atoms with Gasteiger partial charge in [0.25, 0.3) is 5.76 Å². The summed E-state index contributed by atoms with van der Waals surface area (Å²) >= 11 is 0.325. The third-order valence-corrected chi connectivity index (χ3v) is 4.57. The summed E-state index contributed by atoms with van der Waals surface area (Å²) in [6.45, 7) is -0.125. The molecule has 0 aliphatic rings. The Morgan fingerprint density at radius 2 is 2.08 bits per heavy atom. The van der Waals surface area contributed by atoms with E-state index in [1.54, 1.807) is 42.6 Å². The van der Waals surface area contributed by atoms with E-state index in [0.29, 0.717) is 34.0 Å². The molecular formula is C17H13F2N5OS. The molecule has 0 fully saturated rings. The number of carbonyl (C=O) groups excluding carboxylic acids is 1. The van der Waals surface area contributed by atoms with Crippen molar-refractivity contribution in [1.29, 1.82) is 0 Å². The topological polar surface area (TPSA) is 75.6 Å². The van der Waals surface area contributed by atoms with E-state index in [-0.39, 0.29) is 17.6 Å². The van der Waals surface area contributed by atoms with Gasteiger partial charge in [0.2, 0.25) is 5.91 Å². The normalized spacial score (nSPS) is 11.5. The van der Waals surface area contributed by atoms with Gasteiger partial charge < -0.3 is 9.88 Å². The maximum absolute atomic E-state index is 12.9. The first kappa shape index (κ1) is 16.5. The van der Waals surface area contributed by atoms with Gasteiger partial charge in [0.15, 0.2) is 5.16 Å². The molecule has 9 heteroatoms. The Morgan fingerprint density at radius 1 is 1.23 bits per heavy atom. The number of benzene rings is 2. The Labute approximate surface area is 150 Å². The van der Waals surface area contributed by atoms with Gasteiger partial charge in [-0.3, -0.25) is 9.89 Å². The minimum absolute atomic E-state index is 0.107. The molecule has 2 aromatic carbocycles. The first-order chi connectivity index (χ1) is 12.6. The molecule has 0 radical (unpaired) electrons. The van der Waals surface area contributed by atoms with Gasteiger partial charge >= 0.3 is 0 Å². The fourth-order valence-corrected chi connectivity index (χ4v) is 3.38. The molecule has 6 nitrogen and oxygen atoms in total. The SMILES string of the molecule is O=C(Cn1c(SC(F)F)nc2ccccc21)Nc1cccc2cn[nH]c12. The summed E-state index contributed by atoms with van der Waals surface area (Å²) in [5, 5.41) is 10.6. The summed E-state index contributed by atoms with van der Waals surface area (Å²) < 4.78 is 27.2. The molecule has 0 saturated heterocycles. The predicted molar refractivity (Wildman–Crippen MR) is 96.3 cm³/mol. The quantitative estimate of drug-likeness (QED) is 0.521. The molecule has 4 aromatic rings. The maximum Gasteiger partial charge on any atom is 0.291 e.